The van der Waals surface area contributed by atoms with Gasteiger partial charge in [0.15, 0.2) is 6.61 Å². The van der Waals surface area contributed by atoms with Crippen molar-refractivity contribution in [1.29, 1.82) is 0 Å². The number of carbonyl (C=O) groups excluding carboxylic acids is 3. The monoisotopic (exact) mass is 487 g/mol. The molecule has 0 atom stereocenters. The van der Waals surface area contributed by atoms with Crippen LogP contribution in [-0.2, 0) is 14.4 Å². The molecule has 3 amide bonds. The van der Waals surface area contributed by atoms with Gasteiger partial charge >= 0.3 is 0 Å². The first-order valence-corrected chi connectivity index (χ1v) is 11.0. The summed E-state index contributed by atoms with van der Waals surface area (Å²) < 4.78 is 6.49. The lowest BCUT2D eigenvalue weighted by atomic mass is 10.0. The zero-order chi connectivity index (χ0) is 25.6. The third kappa shape index (κ3) is 4.01. The van der Waals surface area contributed by atoms with E-state index in [9.17, 15) is 24.3 Å². The molecule has 0 aliphatic carbocycles. The number of carbonyl (C=O) groups is 3. The van der Waals surface area contributed by atoms with E-state index in [1.54, 1.807) is 36.4 Å². The van der Waals surface area contributed by atoms with Crippen molar-refractivity contribution in [2.24, 2.45) is 0 Å². The van der Waals surface area contributed by atoms with E-state index < -0.39 is 23.5 Å². The van der Waals surface area contributed by atoms with E-state index in [0.29, 0.717) is 22.5 Å². The summed E-state index contributed by atoms with van der Waals surface area (Å²) in [6, 6.07) is 10.3. The van der Waals surface area contributed by atoms with Crippen LogP contribution in [0.4, 0.5) is 5.69 Å². The van der Waals surface area contributed by atoms with E-state index >= 15 is 0 Å². The number of hydrogen-bond acceptors (Lipinski definition) is 7. The van der Waals surface area contributed by atoms with Gasteiger partial charge in [0.2, 0.25) is 0 Å². The number of aromatic nitrogens is 2. The SMILES string of the molecule is C=C(NC(=O)C(=C)n1cnc2c(-c3ccc4c(c3)OCC(=O)N4)cccc2c1=O)C(=O)N1CC(O)C1. The molecule has 1 fully saturated rings. The van der Waals surface area contributed by atoms with Gasteiger partial charge in [-0.1, -0.05) is 31.4 Å². The Balaban J connectivity index is 1.41. The molecule has 11 heteroatoms. The fourth-order valence-corrected chi connectivity index (χ4v) is 4.00. The number of fused-ring (bicyclic) bond motifs is 2. The Bertz CT molecular complexity index is 1540. The first-order chi connectivity index (χ1) is 17.2. The van der Waals surface area contributed by atoms with Crippen LogP contribution in [0.1, 0.15) is 0 Å². The summed E-state index contributed by atoms with van der Waals surface area (Å²) in [5.41, 5.74) is 1.39. The number of amides is 3. The Morgan fingerprint density at radius 2 is 1.94 bits per heavy atom. The minimum atomic E-state index is -0.789. The molecule has 2 aromatic carbocycles. The number of benzene rings is 2. The zero-order valence-corrected chi connectivity index (χ0v) is 19.0. The van der Waals surface area contributed by atoms with Crippen molar-refractivity contribution < 1.29 is 24.2 Å². The lowest BCUT2D eigenvalue weighted by Crippen LogP contribution is -2.55. The van der Waals surface area contributed by atoms with Gasteiger partial charge < -0.3 is 25.4 Å². The quantitative estimate of drug-likeness (QED) is 0.450. The molecule has 0 unspecified atom stereocenters. The van der Waals surface area contributed by atoms with Crippen LogP contribution < -0.4 is 20.9 Å². The number of rotatable bonds is 5. The first kappa shape index (κ1) is 23.0. The Labute approximate surface area is 204 Å². The minimum Gasteiger partial charge on any atom is -0.482 e. The second kappa shape index (κ2) is 8.78. The summed E-state index contributed by atoms with van der Waals surface area (Å²) in [5.74, 6) is -1.05. The van der Waals surface area contributed by atoms with E-state index in [-0.39, 0.29) is 42.4 Å². The minimum absolute atomic E-state index is 0.0862. The van der Waals surface area contributed by atoms with Crippen LogP contribution in [0.5, 0.6) is 5.75 Å². The predicted octanol–water partition coefficient (Wildman–Crippen LogP) is 0.698. The highest BCUT2D eigenvalue weighted by Gasteiger charge is 2.31. The number of ether oxygens (including phenoxy) is 1. The number of nitrogens with one attached hydrogen (secondary N) is 2. The molecular formula is C25H21N5O6. The molecule has 36 heavy (non-hydrogen) atoms. The molecule has 0 spiro atoms. The number of hydrogen-bond donors (Lipinski definition) is 3. The van der Waals surface area contributed by atoms with Crippen LogP contribution in [0.3, 0.4) is 0 Å². The van der Waals surface area contributed by atoms with E-state index in [4.69, 9.17) is 4.74 Å². The largest absolute Gasteiger partial charge is 0.482 e. The second-order valence-corrected chi connectivity index (χ2v) is 8.41. The molecule has 2 aliphatic heterocycles. The fourth-order valence-electron chi connectivity index (χ4n) is 4.00. The van der Waals surface area contributed by atoms with Crippen LogP contribution >= 0.6 is 0 Å². The first-order valence-electron chi connectivity index (χ1n) is 11.0. The maximum absolute atomic E-state index is 13.2. The van der Waals surface area contributed by atoms with Crippen LogP contribution in [0, 0.1) is 0 Å². The highest BCUT2D eigenvalue weighted by Crippen LogP contribution is 2.34. The van der Waals surface area contributed by atoms with Crippen LogP contribution in [-0.4, -0.2) is 63.1 Å². The van der Waals surface area contributed by atoms with Gasteiger partial charge in [0.25, 0.3) is 23.3 Å². The van der Waals surface area contributed by atoms with Crippen molar-refractivity contribution in [3.05, 3.63) is 71.9 Å². The number of nitrogens with zero attached hydrogens (tertiary/aromatic N) is 3. The molecule has 0 radical (unpaired) electrons. The zero-order valence-electron chi connectivity index (χ0n) is 19.0. The standard InChI is InChI=1S/C25H21N5O6/c1-13(24(34)29-9-16(31)10-29)27-23(33)14(2)30-12-26-22-17(4-3-5-18(22)25(30)35)15-6-7-19-20(8-15)36-11-21(32)28-19/h3-8,12,16,31H,1-2,9-11H2,(H,27,33)(H,28,32). The lowest BCUT2D eigenvalue weighted by Gasteiger charge is -2.36. The summed E-state index contributed by atoms with van der Waals surface area (Å²) in [5, 5.41) is 14.7. The molecule has 1 saturated heterocycles. The van der Waals surface area contributed by atoms with E-state index in [0.717, 1.165) is 10.1 Å². The summed E-state index contributed by atoms with van der Waals surface area (Å²) in [4.78, 5) is 55.4. The highest BCUT2D eigenvalue weighted by atomic mass is 16.5. The van der Waals surface area contributed by atoms with Gasteiger partial charge in [0, 0.05) is 18.7 Å². The number of β-amino-alcohol motifs (C(OH)–C–C–N with tert-alkyl or cyclic N) is 1. The average Bonchev–Trinajstić information content (AvgIpc) is 2.85. The smallest absolute Gasteiger partial charge is 0.272 e. The van der Waals surface area contributed by atoms with Crippen LogP contribution in [0.25, 0.3) is 27.7 Å². The lowest BCUT2D eigenvalue weighted by molar-refractivity contribution is -0.138. The fraction of sp³-hybridized carbons (Fsp3) is 0.160. The topological polar surface area (TPSA) is 143 Å². The average molecular weight is 487 g/mol. The normalized spacial score (nSPS) is 14.8. The van der Waals surface area contributed by atoms with Gasteiger partial charge in [-0.3, -0.25) is 23.7 Å². The molecular weight excluding hydrogens is 466 g/mol. The van der Waals surface area contributed by atoms with Gasteiger partial charge in [-0.25, -0.2) is 4.98 Å². The Kier molecular flexibility index (Phi) is 5.61. The maximum atomic E-state index is 13.2. The number of anilines is 1. The van der Waals surface area contributed by atoms with Crippen molar-refractivity contribution >= 4 is 40.0 Å². The Morgan fingerprint density at radius 3 is 2.69 bits per heavy atom. The van der Waals surface area contributed by atoms with Crippen molar-refractivity contribution in [2.75, 3.05) is 25.0 Å². The Morgan fingerprint density at radius 1 is 1.17 bits per heavy atom. The van der Waals surface area contributed by atoms with Crippen molar-refractivity contribution in [1.82, 2.24) is 19.8 Å². The summed E-state index contributed by atoms with van der Waals surface area (Å²) in [7, 11) is 0. The van der Waals surface area contributed by atoms with Crippen molar-refractivity contribution in [2.45, 2.75) is 6.10 Å². The third-order valence-corrected chi connectivity index (χ3v) is 5.94. The number of aliphatic hydroxyl groups excluding tert-OH is 1. The summed E-state index contributed by atoms with van der Waals surface area (Å²) >= 11 is 0. The van der Waals surface area contributed by atoms with Crippen LogP contribution in [0.15, 0.2) is 66.4 Å². The molecule has 0 saturated carbocycles. The molecule has 11 nitrogen and oxygen atoms in total. The predicted molar refractivity (Wildman–Crippen MR) is 131 cm³/mol. The third-order valence-electron chi connectivity index (χ3n) is 5.94. The number of para-hydroxylation sites is 1. The molecule has 2 aliphatic rings. The van der Waals surface area contributed by atoms with Gasteiger partial charge in [-0.15, -0.1) is 0 Å². The Hall–Kier alpha value is -4.77. The molecule has 3 N–H and O–H groups in total. The van der Waals surface area contributed by atoms with Crippen LogP contribution in [0.2, 0.25) is 0 Å². The number of aliphatic hydroxyl groups is 1. The van der Waals surface area contributed by atoms with Gasteiger partial charge in [-0.2, -0.15) is 0 Å². The second-order valence-electron chi connectivity index (χ2n) is 8.41. The molecule has 0 bridgehead atoms. The molecule has 3 heterocycles. The maximum Gasteiger partial charge on any atom is 0.272 e. The molecule has 182 valence electrons. The number of likely N-dealkylation sites (tertiary alicyclic amines) is 1. The van der Waals surface area contributed by atoms with Crippen molar-refractivity contribution in [3.8, 4) is 16.9 Å². The van der Waals surface area contributed by atoms with E-state index in [1.165, 1.54) is 11.2 Å². The van der Waals surface area contributed by atoms with Gasteiger partial charge in [0.1, 0.15) is 17.8 Å². The van der Waals surface area contributed by atoms with E-state index in [2.05, 4.69) is 28.8 Å². The molecule has 3 aromatic rings. The van der Waals surface area contributed by atoms with E-state index in [1.807, 2.05) is 0 Å². The molecule has 5 rings (SSSR count). The van der Waals surface area contributed by atoms with Gasteiger partial charge in [-0.05, 0) is 23.8 Å². The molecule has 1 aromatic heterocycles. The van der Waals surface area contributed by atoms with Crippen molar-refractivity contribution in [3.63, 3.8) is 0 Å². The highest BCUT2D eigenvalue weighted by molar-refractivity contribution is 6.15. The summed E-state index contributed by atoms with van der Waals surface area (Å²) in [6.07, 6.45) is 0.607. The summed E-state index contributed by atoms with van der Waals surface area (Å²) in [6.45, 7) is 7.49. The van der Waals surface area contributed by atoms with Gasteiger partial charge in [0.05, 0.1) is 28.4 Å².